The molecule has 0 saturated carbocycles. The van der Waals surface area contributed by atoms with Crippen molar-refractivity contribution >= 4 is 27.7 Å². The summed E-state index contributed by atoms with van der Waals surface area (Å²) in [6.45, 7) is 6.69. The Morgan fingerprint density at radius 3 is 2.69 bits per heavy atom. The Kier molecular flexibility index (Phi) is 9.41. The van der Waals surface area contributed by atoms with Crippen LogP contribution in [0.25, 0.3) is 0 Å². The Bertz CT molecular complexity index is 1300. The van der Waals surface area contributed by atoms with E-state index in [0.29, 0.717) is 34.4 Å². The molecule has 192 valence electrons. The fourth-order valence-corrected chi connectivity index (χ4v) is 5.13. The van der Waals surface area contributed by atoms with Gasteiger partial charge in [0.05, 0.1) is 22.9 Å². The van der Waals surface area contributed by atoms with Crippen molar-refractivity contribution < 1.29 is 17.9 Å². The van der Waals surface area contributed by atoms with Crippen molar-refractivity contribution in [2.45, 2.75) is 51.4 Å². The fraction of sp³-hybridized carbons (Fsp3) is 0.407. The van der Waals surface area contributed by atoms with E-state index in [4.69, 9.17) is 21.1 Å². The summed E-state index contributed by atoms with van der Waals surface area (Å²) >= 11 is 6.50. The Morgan fingerprint density at radius 1 is 1.22 bits per heavy atom. The molecular weight excluding hydrogens is 498 g/mol. The number of aryl methyl sites for hydroxylation is 1. The number of nitriles is 1. The molecule has 1 aliphatic heterocycles. The largest absolute Gasteiger partial charge is 0.491 e. The van der Waals surface area contributed by atoms with E-state index in [1.165, 1.54) is 11.8 Å². The van der Waals surface area contributed by atoms with E-state index in [9.17, 15) is 13.7 Å². The van der Waals surface area contributed by atoms with Crippen molar-refractivity contribution in [2.75, 3.05) is 19.5 Å². The van der Waals surface area contributed by atoms with E-state index in [1.54, 1.807) is 6.08 Å². The molecule has 4 rings (SSSR count). The monoisotopic (exact) mass is 529 g/mol. The average molecular weight is 530 g/mol. The molecule has 0 aromatic heterocycles. The van der Waals surface area contributed by atoms with Crippen molar-refractivity contribution in [3.05, 3.63) is 69.4 Å². The Balaban J connectivity index is 0.00000176. The summed E-state index contributed by atoms with van der Waals surface area (Å²) in [7, 11) is -3.35. The van der Waals surface area contributed by atoms with E-state index >= 15 is 0 Å². The molecule has 2 aromatic rings. The number of allylic oxidation sites excluding steroid dienone is 1. The maximum absolute atomic E-state index is 11.8. The number of halogens is 1. The first-order chi connectivity index (χ1) is 17.3. The van der Waals surface area contributed by atoms with Gasteiger partial charge in [0.1, 0.15) is 18.4 Å². The normalized spacial score (nSPS) is 18.2. The minimum atomic E-state index is -3.35. The highest BCUT2D eigenvalue weighted by Gasteiger charge is 2.27. The number of fused-ring (bicyclic) bond motifs is 1. The average Bonchev–Trinajstić information content (AvgIpc) is 3.30. The molecule has 1 heterocycles. The highest BCUT2D eigenvalue weighted by atomic mass is 35.5. The fourth-order valence-electron chi connectivity index (χ4n) is 4.19. The maximum Gasteiger partial charge on any atom is 0.221 e. The SMILES string of the molecule is CC.CCCOc1c(Cl)cc(C2CCc3ccc(OCC4=CC=NC(S(C)(=O)=O)N4)cc32)cc1C#N. The second-order valence-corrected chi connectivity index (χ2v) is 10.9. The topological polar surface area (TPSA) is 101 Å². The predicted molar refractivity (Wildman–Crippen MR) is 144 cm³/mol. The van der Waals surface area contributed by atoms with Gasteiger partial charge in [0.25, 0.3) is 0 Å². The first-order valence-corrected chi connectivity index (χ1v) is 14.4. The zero-order valence-electron chi connectivity index (χ0n) is 21.0. The van der Waals surface area contributed by atoms with Crippen LogP contribution in [0.3, 0.4) is 0 Å². The van der Waals surface area contributed by atoms with Crippen LogP contribution in [0.4, 0.5) is 0 Å². The molecule has 9 heteroatoms. The molecule has 7 nitrogen and oxygen atoms in total. The van der Waals surface area contributed by atoms with Crippen molar-refractivity contribution in [2.24, 2.45) is 4.99 Å². The summed E-state index contributed by atoms with van der Waals surface area (Å²) in [5.74, 6) is 1.22. The molecule has 2 aromatic carbocycles. The van der Waals surface area contributed by atoms with Gasteiger partial charge in [-0.05, 0) is 66.3 Å². The standard InChI is InChI=1S/C25H26ClN3O4S.C2H6/c1-3-10-32-24-18(14-27)11-17(12-23(24)26)21-7-5-16-4-6-20(13-22(16)21)33-15-19-8-9-28-25(29-19)34(2,30)31;1-2/h4,6,8-9,11-13,21,25,29H,3,5,7,10,15H2,1-2H3;1-2H3. The quantitative estimate of drug-likeness (QED) is 0.493. The van der Waals surface area contributed by atoms with Crippen molar-refractivity contribution in [3.63, 3.8) is 0 Å². The molecule has 2 aliphatic rings. The Morgan fingerprint density at radius 2 is 2.00 bits per heavy atom. The number of nitrogens with zero attached hydrogens (tertiary/aromatic N) is 2. The third-order valence-corrected chi connectivity index (χ3v) is 7.17. The van der Waals surface area contributed by atoms with Crippen LogP contribution in [0.1, 0.15) is 61.8 Å². The van der Waals surface area contributed by atoms with Crippen molar-refractivity contribution in [1.29, 1.82) is 5.26 Å². The molecule has 2 unspecified atom stereocenters. The van der Waals surface area contributed by atoms with Crippen LogP contribution in [-0.4, -0.2) is 39.6 Å². The lowest BCUT2D eigenvalue weighted by atomic mass is 9.91. The molecule has 0 radical (unpaired) electrons. The van der Waals surface area contributed by atoms with Crippen molar-refractivity contribution in [1.82, 2.24) is 5.32 Å². The third kappa shape index (κ3) is 6.40. The molecule has 0 amide bonds. The first-order valence-electron chi connectivity index (χ1n) is 12.1. The molecule has 36 heavy (non-hydrogen) atoms. The van der Waals surface area contributed by atoms with Gasteiger partial charge in [-0.1, -0.05) is 38.4 Å². The Labute approximate surface area is 218 Å². The van der Waals surface area contributed by atoms with Crippen LogP contribution in [0, 0.1) is 11.3 Å². The van der Waals surface area contributed by atoms with Gasteiger partial charge < -0.3 is 14.8 Å². The summed E-state index contributed by atoms with van der Waals surface area (Å²) in [5, 5.41) is 13.0. The van der Waals surface area contributed by atoms with Gasteiger partial charge in [-0.2, -0.15) is 5.26 Å². The second-order valence-electron chi connectivity index (χ2n) is 8.40. The summed E-state index contributed by atoms with van der Waals surface area (Å²) in [6, 6.07) is 12.0. The zero-order valence-corrected chi connectivity index (χ0v) is 22.6. The molecule has 0 spiro atoms. The van der Waals surface area contributed by atoms with Gasteiger partial charge >= 0.3 is 0 Å². The van der Waals surface area contributed by atoms with E-state index in [-0.39, 0.29) is 12.5 Å². The molecule has 0 bridgehead atoms. The molecule has 0 saturated heterocycles. The Hall–Kier alpha value is -3.02. The minimum absolute atomic E-state index is 0.0946. The molecule has 0 fully saturated rings. The van der Waals surface area contributed by atoms with Crippen LogP contribution >= 0.6 is 11.6 Å². The first kappa shape index (κ1) is 27.6. The van der Waals surface area contributed by atoms with E-state index in [0.717, 1.165) is 36.6 Å². The van der Waals surface area contributed by atoms with Crippen LogP contribution < -0.4 is 14.8 Å². The molecule has 1 N–H and O–H groups in total. The summed E-state index contributed by atoms with van der Waals surface area (Å²) in [4.78, 5) is 3.94. The van der Waals surface area contributed by atoms with E-state index in [1.807, 2.05) is 45.0 Å². The van der Waals surface area contributed by atoms with Crippen molar-refractivity contribution in [3.8, 4) is 17.6 Å². The highest BCUT2D eigenvalue weighted by molar-refractivity contribution is 7.91. The number of rotatable bonds is 8. The molecular formula is C27H32ClN3O4S. The van der Waals surface area contributed by atoms with Gasteiger partial charge in [0.2, 0.25) is 5.50 Å². The van der Waals surface area contributed by atoms with Crippen LogP contribution in [0.2, 0.25) is 5.02 Å². The zero-order chi connectivity index (χ0) is 26.3. The van der Waals surface area contributed by atoms with Gasteiger partial charge in [0.15, 0.2) is 15.6 Å². The molecule has 1 aliphatic carbocycles. The van der Waals surface area contributed by atoms with Gasteiger partial charge in [0, 0.05) is 18.4 Å². The van der Waals surface area contributed by atoms with E-state index < -0.39 is 15.3 Å². The van der Waals surface area contributed by atoms with Gasteiger partial charge in [-0.25, -0.2) is 8.42 Å². The van der Waals surface area contributed by atoms with E-state index in [2.05, 4.69) is 22.4 Å². The van der Waals surface area contributed by atoms with Gasteiger partial charge in [-0.15, -0.1) is 0 Å². The minimum Gasteiger partial charge on any atom is -0.491 e. The lowest BCUT2D eigenvalue weighted by molar-refractivity contribution is 0.316. The predicted octanol–water partition coefficient (Wildman–Crippen LogP) is 5.37. The number of aliphatic imine (C=N–C) groups is 1. The van der Waals surface area contributed by atoms with Crippen LogP contribution in [-0.2, 0) is 16.3 Å². The summed E-state index contributed by atoms with van der Waals surface area (Å²) in [5.41, 5.74) is 3.43. The number of hydrogen-bond acceptors (Lipinski definition) is 7. The highest BCUT2D eigenvalue weighted by Crippen LogP contribution is 2.42. The third-order valence-electron chi connectivity index (χ3n) is 5.84. The lowest BCUT2D eigenvalue weighted by Crippen LogP contribution is -2.37. The number of sulfone groups is 1. The summed E-state index contributed by atoms with van der Waals surface area (Å²) < 4.78 is 35.2. The number of ether oxygens (including phenoxy) is 2. The smallest absolute Gasteiger partial charge is 0.221 e. The van der Waals surface area contributed by atoms with Crippen LogP contribution in [0.15, 0.2) is 47.1 Å². The summed E-state index contributed by atoms with van der Waals surface area (Å²) in [6.07, 6.45) is 6.98. The number of nitrogens with one attached hydrogen (secondary N) is 1. The second kappa shape index (κ2) is 12.3. The molecule has 2 atom stereocenters. The van der Waals surface area contributed by atoms with Crippen LogP contribution in [0.5, 0.6) is 11.5 Å². The maximum atomic E-state index is 11.8. The number of hydrogen-bond donors (Lipinski definition) is 1. The van der Waals surface area contributed by atoms with Gasteiger partial charge in [-0.3, -0.25) is 4.99 Å². The lowest BCUT2D eigenvalue weighted by Gasteiger charge is -2.20. The number of benzene rings is 2.